The zero-order chi connectivity index (χ0) is 18.0. The number of anilines is 1. The monoisotopic (exact) mass is 340 g/mol. The second kappa shape index (κ2) is 7.36. The van der Waals surface area contributed by atoms with Crippen molar-refractivity contribution < 1.29 is 9.47 Å². The van der Waals surface area contributed by atoms with Crippen molar-refractivity contribution in [1.29, 1.82) is 0 Å². The van der Waals surface area contributed by atoms with Crippen LogP contribution < -0.4 is 19.7 Å². The zero-order valence-corrected chi connectivity index (χ0v) is 15.8. The summed E-state index contributed by atoms with van der Waals surface area (Å²) in [6.45, 7) is 3.27. The summed E-state index contributed by atoms with van der Waals surface area (Å²) in [7, 11) is 7.53. The minimum absolute atomic E-state index is 0.238. The van der Waals surface area contributed by atoms with Crippen molar-refractivity contribution in [2.75, 3.05) is 39.8 Å². The molecule has 1 aliphatic heterocycles. The molecule has 3 rings (SSSR count). The van der Waals surface area contributed by atoms with Crippen molar-refractivity contribution in [1.82, 2.24) is 5.32 Å². The molecule has 0 spiro atoms. The molecule has 0 fully saturated rings. The molecule has 1 unspecified atom stereocenters. The van der Waals surface area contributed by atoms with Gasteiger partial charge in [-0.25, -0.2) is 0 Å². The van der Waals surface area contributed by atoms with Crippen LogP contribution in [0.1, 0.15) is 30.5 Å². The number of benzene rings is 2. The van der Waals surface area contributed by atoms with Crippen LogP contribution >= 0.6 is 0 Å². The third kappa shape index (κ3) is 3.31. The van der Waals surface area contributed by atoms with Gasteiger partial charge in [-0.15, -0.1) is 0 Å². The summed E-state index contributed by atoms with van der Waals surface area (Å²) in [4.78, 5) is 2.33. The SMILES string of the molecule is CNC(C)c1cc(OC)c(OC)c(-c2ccc3c(c2)CCCN3C)c1. The smallest absolute Gasteiger partial charge is 0.168 e. The highest BCUT2D eigenvalue weighted by atomic mass is 16.5. The zero-order valence-electron chi connectivity index (χ0n) is 15.8. The molecule has 0 bridgehead atoms. The van der Waals surface area contributed by atoms with Crippen LogP contribution in [0.4, 0.5) is 5.69 Å². The highest BCUT2D eigenvalue weighted by molar-refractivity contribution is 5.77. The van der Waals surface area contributed by atoms with Crippen molar-refractivity contribution in [3.05, 3.63) is 41.5 Å². The number of hydrogen-bond donors (Lipinski definition) is 1. The Hall–Kier alpha value is -2.20. The van der Waals surface area contributed by atoms with E-state index in [9.17, 15) is 0 Å². The fourth-order valence-corrected chi connectivity index (χ4v) is 3.57. The molecule has 0 amide bonds. The average molecular weight is 340 g/mol. The lowest BCUT2D eigenvalue weighted by Crippen LogP contribution is -2.24. The van der Waals surface area contributed by atoms with Gasteiger partial charge in [-0.3, -0.25) is 0 Å². The van der Waals surface area contributed by atoms with E-state index in [4.69, 9.17) is 9.47 Å². The van der Waals surface area contributed by atoms with E-state index in [2.05, 4.69) is 54.5 Å². The van der Waals surface area contributed by atoms with E-state index in [1.165, 1.54) is 28.8 Å². The van der Waals surface area contributed by atoms with Gasteiger partial charge in [0.2, 0.25) is 0 Å². The van der Waals surface area contributed by atoms with Crippen LogP contribution in [0.25, 0.3) is 11.1 Å². The van der Waals surface area contributed by atoms with Crippen LogP contribution in [0, 0.1) is 0 Å². The maximum Gasteiger partial charge on any atom is 0.168 e. The van der Waals surface area contributed by atoms with Gasteiger partial charge in [0.15, 0.2) is 11.5 Å². The Balaban J connectivity index is 2.15. The van der Waals surface area contributed by atoms with E-state index in [1.807, 2.05) is 7.05 Å². The standard InChI is InChI=1S/C21H28N2O2/c1-14(22-2)17-12-18(21(25-5)20(13-17)24-4)15-8-9-19-16(11-15)7-6-10-23(19)3/h8-9,11-14,22H,6-7,10H2,1-5H3. The summed E-state index contributed by atoms with van der Waals surface area (Å²) in [6.07, 6.45) is 2.32. The van der Waals surface area contributed by atoms with Gasteiger partial charge in [0.05, 0.1) is 14.2 Å². The first kappa shape index (κ1) is 17.6. The number of rotatable bonds is 5. The number of nitrogens with zero attached hydrogens (tertiary/aromatic N) is 1. The molecule has 134 valence electrons. The van der Waals surface area contributed by atoms with Crippen LogP contribution in [0.5, 0.6) is 11.5 Å². The molecule has 1 atom stereocenters. The minimum Gasteiger partial charge on any atom is -0.493 e. The summed E-state index contributed by atoms with van der Waals surface area (Å²) >= 11 is 0. The number of hydrogen-bond acceptors (Lipinski definition) is 4. The second-order valence-corrected chi connectivity index (χ2v) is 6.68. The lowest BCUT2D eigenvalue weighted by Gasteiger charge is -2.28. The Kier molecular flexibility index (Phi) is 5.19. The molecule has 0 saturated carbocycles. The number of aryl methyl sites for hydroxylation is 1. The number of fused-ring (bicyclic) bond motifs is 1. The number of nitrogens with one attached hydrogen (secondary N) is 1. The van der Waals surface area contributed by atoms with E-state index in [1.54, 1.807) is 14.2 Å². The largest absolute Gasteiger partial charge is 0.493 e. The third-order valence-electron chi connectivity index (χ3n) is 5.18. The van der Waals surface area contributed by atoms with Crippen molar-refractivity contribution >= 4 is 5.69 Å². The van der Waals surface area contributed by atoms with Crippen LogP contribution in [0.3, 0.4) is 0 Å². The predicted molar refractivity (Wildman–Crippen MR) is 104 cm³/mol. The Morgan fingerprint density at radius 1 is 1.12 bits per heavy atom. The molecule has 2 aromatic carbocycles. The van der Waals surface area contributed by atoms with Gasteiger partial charge in [-0.05, 0) is 67.8 Å². The molecular weight excluding hydrogens is 312 g/mol. The molecular formula is C21H28N2O2. The number of methoxy groups -OCH3 is 2. The lowest BCUT2D eigenvalue weighted by atomic mass is 9.94. The van der Waals surface area contributed by atoms with Gasteiger partial charge in [0, 0.05) is 30.9 Å². The molecule has 1 heterocycles. The average Bonchev–Trinajstić information content (AvgIpc) is 2.66. The summed E-state index contributed by atoms with van der Waals surface area (Å²) < 4.78 is 11.3. The first-order valence-electron chi connectivity index (χ1n) is 8.86. The molecule has 0 aromatic heterocycles. The minimum atomic E-state index is 0.238. The molecule has 25 heavy (non-hydrogen) atoms. The van der Waals surface area contributed by atoms with Crippen molar-refractivity contribution in [2.45, 2.75) is 25.8 Å². The van der Waals surface area contributed by atoms with E-state index < -0.39 is 0 Å². The van der Waals surface area contributed by atoms with Gasteiger partial charge in [0.1, 0.15) is 0 Å². The van der Waals surface area contributed by atoms with Crippen LogP contribution in [0.2, 0.25) is 0 Å². The summed E-state index contributed by atoms with van der Waals surface area (Å²) in [5.41, 5.74) is 6.18. The van der Waals surface area contributed by atoms with Crippen LogP contribution in [0.15, 0.2) is 30.3 Å². The summed E-state index contributed by atoms with van der Waals surface area (Å²) in [6, 6.07) is 11.2. The van der Waals surface area contributed by atoms with Gasteiger partial charge >= 0.3 is 0 Å². The quantitative estimate of drug-likeness (QED) is 0.891. The fraction of sp³-hybridized carbons (Fsp3) is 0.429. The van der Waals surface area contributed by atoms with Crippen molar-refractivity contribution in [3.8, 4) is 22.6 Å². The molecule has 1 aliphatic rings. The Morgan fingerprint density at radius 3 is 2.60 bits per heavy atom. The van der Waals surface area contributed by atoms with Crippen LogP contribution in [-0.4, -0.2) is 34.9 Å². The fourth-order valence-electron chi connectivity index (χ4n) is 3.57. The first-order chi connectivity index (χ1) is 12.1. The highest BCUT2D eigenvalue weighted by Gasteiger charge is 2.19. The van der Waals surface area contributed by atoms with E-state index in [0.29, 0.717) is 0 Å². The summed E-state index contributed by atoms with van der Waals surface area (Å²) in [5.74, 6) is 1.56. The molecule has 1 N–H and O–H groups in total. The second-order valence-electron chi connectivity index (χ2n) is 6.68. The third-order valence-corrected chi connectivity index (χ3v) is 5.18. The Bertz CT molecular complexity index is 758. The van der Waals surface area contributed by atoms with E-state index in [-0.39, 0.29) is 6.04 Å². The Labute approximate surface area is 150 Å². The molecule has 0 radical (unpaired) electrons. The van der Waals surface area contributed by atoms with Gasteiger partial charge in [-0.1, -0.05) is 6.07 Å². The topological polar surface area (TPSA) is 33.7 Å². The van der Waals surface area contributed by atoms with Crippen LogP contribution in [-0.2, 0) is 6.42 Å². The normalized spacial score (nSPS) is 14.8. The van der Waals surface area contributed by atoms with Gasteiger partial charge in [0.25, 0.3) is 0 Å². The van der Waals surface area contributed by atoms with E-state index in [0.717, 1.165) is 30.0 Å². The Morgan fingerprint density at radius 2 is 1.92 bits per heavy atom. The molecule has 4 heteroatoms. The van der Waals surface area contributed by atoms with Crippen molar-refractivity contribution in [3.63, 3.8) is 0 Å². The van der Waals surface area contributed by atoms with Gasteiger partial charge in [-0.2, -0.15) is 0 Å². The molecule has 2 aromatic rings. The number of ether oxygens (including phenoxy) is 2. The first-order valence-corrected chi connectivity index (χ1v) is 8.86. The molecule has 4 nitrogen and oxygen atoms in total. The maximum absolute atomic E-state index is 5.70. The maximum atomic E-state index is 5.70. The van der Waals surface area contributed by atoms with Crippen molar-refractivity contribution in [2.24, 2.45) is 0 Å². The van der Waals surface area contributed by atoms with E-state index >= 15 is 0 Å². The highest BCUT2D eigenvalue weighted by Crippen LogP contribution is 2.42. The van der Waals surface area contributed by atoms with Gasteiger partial charge < -0.3 is 19.7 Å². The lowest BCUT2D eigenvalue weighted by molar-refractivity contribution is 0.355. The predicted octanol–water partition coefficient (Wildman–Crippen LogP) is 4.03. The summed E-state index contributed by atoms with van der Waals surface area (Å²) in [5, 5.41) is 3.30. The molecule has 0 saturated heterocycles. The molecule has 0 aliphatic carbocycles.